The number of amides is 3. The molecule has 3 rings (SSSR count). The van der Waals surface area contributed by atoms with E-state index in [1.807, 2.05) is 0 Å². The molecule has 2 fully saturated rings. The number of nitrogens with one attached hydrogen (secondary N) is 1. The molecule has 122 valence electrons. The van der Waals surface area contributed by atoms with Gasteiger partial charge in [0.15, 0.2) is 0 Å². The number of carbonyl (C=O) groups excluding carboxylic acids is 3. The van der Waals surface area contributed by atoms with Crippen molar-refractivity contribution in [1.29, 1.82) is 0 Å². The zero-order valence-electron chi connectivity index (χ0n) is 12.2. The van der Waals surface area contributed by atoms with E-state index in [2.05, 4.69) is 5.32 Å². The summed E-state index contributed by atoms with van der Waals surface area (Å²) in [6, 6.07) is 4.15. The van der Waals surface area contributed by atoms with Gasteiger partial charge in [-0.1, -0.05) is 17.7 Å². The van der Waals surface area contributed by atoms with E-state index < -0.39 is 11.7 Å². The zero-order valence-corrected chi connectivity index (χ0v) is 13.0. The predicted octanol–water partition coefficient (Wildman–Crippen LogP) is 1.000. The molecule has 8 heteroatoms. The molecule has 3 amide bonds. The van der Waals surface area contributed by atoms with Gasteiger partial charge < -0.3 is 15.1 Å². The number of benzene rings is 1. The van der Waals surface area contributed by atoms with E-state index >= 15 is 0 Å². The lowest BCUT2D eigenvalue weighted by molar-refractivity contribution is -0.130. The maximum absolute atomic E-state index is 13.6. The van der Waals surface area contributed by atoms with Crippen LogP contribution in [0.15, 0.2) is 18.2 Å². The van der Waals surface area contributed by atoms with Crippen LogP contribution in [0.3, 0.4) is 0 Å². The first kappa shape index (κ1) is 15.7. The number of halogens is 2. The van der Waals surface area contributed by atoms with Crippen molar-refractivity contribution >= 4 is 29.3 Å². The highest BCUT2D eigenvalue weighted by molar-refractivity contribution is 6.33. The van der Waals surface area contributed by atoms with Crippen LogP contribution in [0.2, 0.25) is 5.02 Å². The molecular weight excluding hydrogens is 325 g/mol. The van der Waals surface area contributed by atoms with Crippen LogP contribution < -0.4 is 5.32 Å². The monoisotopic (exact) mass is 339 g/mol. The Labute approximate surface area is 137 Å². The summed E-state index contributed by atoms with van der Waals surface area (Å²) in [4.78, 5) is 38.9. The maximum atomic E-state index is 13.6. The van der Waals surface area contributed by atoms with Crippen molar-refractivity contribution in [2.24, 2.45) is 0 Å². The summed E-state index contributed by atoms with van der Waals surface area (Å²) in [6.07, 6.45) is 1.94. The third-order valence-corrected chi connectivity index (χ3v) is 4.21. The molecule has 2 aliphatic rings. The highest BCUT2D eigenvalue weighted by atomic mass is 35.5. The molecule has 1 aliphatic carbocycles. The maximum Gasteiger partial charge on any atom is 0.256 e. The van der Waals surface area contributed by atoms with Crippen LogP contribution in [-0.2, 0) is 9.59 Å². The minimum Gasteiger partial charge on any atom is -0.343 e. The molecule has 0 radical (unpaired) electrons. The van der Waals surface area contributed by atoms with Crippen molar-refractivity contribution < 1.29 is 18.8 Å². The Hall–Kier alpha value is -2.15. The molecule has 0 aromatic heterocycles. The molecule has 23 heavy (non-hydrogen) atoms. The van der Waals surface area contributed by atoms with Gasteiger partial charge in [0.1, 0.15) is 12.4 Å². The highest BCUT2D eigenvalue weighted by Crippen LogP contribution is 2.29. The summed E-state index contributed by atoms with van der Waals surface area (Å²) in [5.41, 5.74) is -0.293. The molecule has 1 saturated heterocycles. The van der Waals surface area contributed by atoms with Gasteiger partial charge >= 0.3 is 0 Å². The SMILES string of the molecule is O=C(NCC(=O)N1CC(=O)N(C2CC2)C1)c1c(F)cccc1Cl. The van der Waals surface area contributed by atoms with Crippen LogP contribution in [0.1, 0.15) is 23.2 Å². The Balaban J connectivity index is 1.57. The molecule has 1 heterocycles. The van der Waals surface area contributed by atoms with Crippen LogP contribution in [0.4, 0.5) is 4.39 Å². The largest absolute Gasteiger partial charge is 0.343 e. The van der Waals surface area contributed by atoms with E-state index in [4.69, 9.17) is 11.6 Å². The fraction of sp³-hybridized carbons (Fsp3) is 0.400. The summed E-state index contributed by atoms with van der Waals surface area (Å²) in [7, 11) is 0. The average Bonchev–Trinajstić information content (AvgIpc) is 3.27. The van der Waals surface area contributed by atoms with E-state index in [1.54, 1.807) is 4.90 Å². The smallest absolute Gasteiger partial charge is 0.256 e. The van der Waals surface area contributed by atoms with Gasteiger partial charge in [0, 0.05) is 6.04 Å². The van der Waals surface area contributed by atoms with Crippen LogP contribution in [-0.4, -0.2) is 53.3 Å². The molecular formula is C15H15ClFN3O3. The average molecular weight is 340 g/mol. The Morgan fingerprint density at radius 3 is 2.74 bits per heavy atom. The molecule has 1 saturated carbocycles. The lowest BCUT2D eigenvalue weighted by Crippen LogP contribution is -2.40. The second-order valence-corrected chi connectivity index (χ2v) is 6.01. The van der Waals surface area contributed by atoms with E-state index in [9.17, 15) is 18.8 Å². The topological polar surface area (TPSA) is 69.7 Å². The lowest BCUT2D eigenvalue weighted by atomic mass is 10.2. The minimum absolute atomic E-state index is 0.0195. The van der Waals surface area contributed by atoms with Crippen LogP contribution in [0.5, 0.6) is 0 Å². The van der Waals surface area contributed by atoms with Crippen molar-refractivity contribution in [1.82, 2.24) is 15.1 Å². The highest BCUT2D eigenvalue weighted by Gasteiger charge is 2.39. The first-order valence-electron chi connectivity index (χ1n) is 7.27. The molecule has 1 aromatic rings. The molecule has 0 spiro atoms. The van der Waals surface area contributed by atoms with Crippen molar-refractivity contribution in [3.8, 4) is 0 Å². The Morgan fingerprint density at radius 1 is 1.35 bits per heavy atom. The second kappa shape index (κ2) is 6.16. The number of rotatable bonds is 4. The van der Waals surface area contributed by atoms with Crippen molar-refractivity contribution in [2.45, 2.75) is 18.9 Å². The number of hydrogen-bond donors (Lipinski definition) is 1. The van der Waals surface area contributed by atoms with Gasteiger partial charge in [-0.3, -0.25) is 14.4 Å². The van der Waals surface area contributed by atoms with Crippen molar-refractivity contribution in [2.75, 3.05) is 19.8 Å². The van der Waals surface area contributed by atoms with E-state index in [-0.39, 0.29) is 48.2 Å². The summed E-state index contributed by atoms with van der Waals surface area (Å²) in [5.74, 6) is -1.98. The van der Waals surface area contributed by atoms with Gasteiger partial charge in [-0.2, -0.15) is 0 Å². The standard InChI is InChI=1S/C15H15ClFN3O3/c16-10-2-1-3-11(17)14(10)15(23)18-6-12(21)19-7-13(22)20(8-19)9-4-5-9/h1-3,9H,4-8H2,(H,18,23). The predicted molar refractivity (Wildman–Crippen MR) is 80.2 cm³/mol. The van der Waals surface area contributed by atoms with Crippen LogP contribution in [0, 0.1) is 5.82 Å². The van der Waals surface area contributed by atoms with Gasteiger partial charge in [0.05, 0.1) is 23.8 Å². The summed E-state index contributed by atoms with van der Waals surface area (Å²) < 4.78 is 13.6. The molecule has 0 atom stereocenters. The molecule has 1 aliphatic heterocycles. The zero-order chi connectivity index (χ0) is 16.6. The fourth-order valence-electron chi connectivity index (χ4n) is 2.51. The van der Waals surface area contributed by atoms with Gasteiger partial charge in [-0.25, -0.2) is 4.39 Å². The van der Waals surface area contributed by atoms with Gasteiger partial charge in [-0.15, -0.1) is 0 Å². The molecule has 6 nitrogen and oxygen atoms in total. The number of carbonyl (C=O) groups is 3. The Morgan fingerprint density at radius 2 is 2.09 bits per heavy atom. The fourth-order valence-corrected chi connectivity index (χ4v) is 2.76. The first-order valence-corrected chi connectivity index (χ1v) is 7.64. The molecule has 1 aromatic carbocycles. The van der Waals surface area contributed by atoms with Crippen LogP contribution >= 0.6 is 11.6 Å². The third-order valence-electron chi connectivity index (χ3n) is 3.90. The molecule has 0 unspecified atom stereocenters. The number of hydrogen-bond acceptors (Lipinski definition) is 3. The van der Waals surface area contributed by atoms with E-state index in [1.165, 1.54) is 17.0 Å². The molecule has 0 bridgehead atoms. The third kappa shape index (κ3) is 3.29. The lowest BCUT2D eigenvalue weighted by Gasteiger charge is -2.18. The van der Waals surface area contributed by atoms with Crippen molar-refractivity contribution in [3.63, 3.8) is 0 Å². The van der Waals surface area contributed by atoms with Crippen molar-refractivity contribution in [3.05, 3.63) is 34.6 Å². The first-order chi connectivity index (χ1) is 11.0. The van der Waals surface area contributed by atoms with Gasteiger partial charge in [-0.05, 0) is 25.0 Å². The summed E-state index contributed by atoms with van der Waals surface area (Å²) in [5, 5.41) is 2.33. The second-order valence-electron chi connectivity index (χ2n) is 5.61. The summed E-state index contributed by atoms with van der Waals surface area (Å²) >= 11 is 5.80. The summed E-state index contributed by atoms with van der Waals surface area (Å²) in [6.45, 7) is -0.0421. The Kier molecular flexibility index (Phi) is 4.21. The quantitative estimate of drug-likeness (QED) is 0.889. The normalized spacial score (nSPS) is 17.6. The minimum atomic E-state index is -0.758. The van der Waals surface area contributed by atoms with E-state index in [0.717, 1.165) is 18.9 Å². The van der Waals surface area contributed by atoms with Gasteiger partial charge in [0.2, 0.25) is 11.8 Å². The Bertz CT molecular complexity index is 658. The van der Waals surface area contributed by atoms with Crippen LogP contribution in [0.25, 0.3) is 0 Å². The van der Waals surface area contributed by atoms with Gasteiger partial charge in [0.25, 0.3) is 5.91 Å². The van der Waals surface area contributed by atoms with E-state index in [0.29, 0.717) is 0 Å². The number of nitrogens with zero attached hydrogens (tertiary/aromatic N) is 2. The molecule has 1 N–H and O–H groups in total.